The van der Waals surface area contributed by atoms with Crippen molar-refractivity contribution in [2.24, 2.45) is 0 Å². The van der Waals surface area contributed by atoms with Crippen molar-refractivity contribution in [2.75, 3.05) is 4.90 Å². The summed E-state index contributed by atoms with van der Waals surface area (Å²) < 4.78 is 27.9. The van der Waals surface area contributed by atoms with Crippen LogP contribution in [0.3, 0.4) is 0 Å². The molecule has 6 nitrogen and oxygen atoms in total. The number of halogens is 2. The molecule has 0 unspecified atom stereocenters. The van der Waals surface area contributed by atoms with Gasteiger partial charge in [-0.15, -0.1) is 0 Å². The van der Waals surface area contributed by atoms with Gasteiger partial charge < -0.3 is 10.1 Å². The van der Waals surface area contributed by atoms with Crippen LogP contribution in [0.15, 0.2) is 48.8 Å². The molecule has 8 heteroatoms. The van der Waals surface area contributed by atoms with E-state index < -0.39 is 17.4 Å². The SMILES string of the molecule is O=C1Cc2ncc(-c3cc(F)c(O)cc3F)nc2N1c1ccc2[nH]ccc2c1. The molecule has 5 rings (SSSR count). The van der Waals surface area contributed by atoms with Gasteiger partial charge in [0.2, 0.25) is 5.91 Å². The summed E-state index contributed by atoms with van der Waals surface area (Å²) in [5.41, 5.74) is 1.92. The Morgan fingerprint density at radius 1 is 1.11 bits per heavy atom. The van der Waals surface area contributed by atoms with Gasteiger partial charge >= 0.3 is 0 Å². The number of phenols is 1. The zero-order valence-electron chi connectivity index (χ0n) is 14.3. The van der Waals surface area contributed by atoms with E-state index >= 15 is 0 Å². The van der Waals surface area contributed by atoms with Gasteiger partial charge in [-0.05, 0) is 30.3 Å². The van der Waals surface area contributed by atoms with Crippen LogP contribution < -0.4 is 4.90 Å². The maximum atomic E-state index is 14.2. The summed E-state index contributed by atoms with van der Waals surface area (Å²) >= 11 is 0. The molecule has 0 atom stereocenters. The maximum Gasteiger partial charge on any atom is 0.238 e. The Morgan fingerprint density at radius 2 is 1.96 bits per heavy atom. The molecule has 0 spiro atoms. The van der Waals surface area contributed by atoms with Crippen LogP contribution in [0.25, 0.3) is 22.2 Å². The van der Waals surface area contributed by atoms with E-state index in [0.717, 1.165) is 17.0 Å². The average molecular weight is 378 g/mol. The first-order valence-electron chi connectivity index (χ1n) is 8.45. The van der Waals surface area contributed by atoms with Crippen molar-refractivity contribution in [2.45, 2.75) is 6.42 Å². The van der Waals surface area contributed by atoms with E-state index in [2.05, 4.69) is 15.0 Å². The number of aromatic hydroxyl groups is 1. The van der Waals surface area contributed by atoms with E-state index in [1.54, 1.807) is 12.3 Å². The van der Waals surface area contributed by atoms with Crippen molar-refractivity contribution in [3.8, 4) is 17.0 Å². The minimum Gasteiger partial charge on any atom is -0.505 e. The van der Waals surface area contributed by atoms with E-state index in [-0.39, 0.29) is 29.4 Å². The van der Waals surface area contributed by atoms with Crippen LogP contribution in [0.5, 0.6) is 5.75 Å². The number of carbonyl (C=O) groups is 1. The van der Waals surface area contributed by atoms with Gasteiger partial charge in [0.15, 0.2) is 17.4 Å². The van der Waals surface area contributed by atoms with Crippen LogP contribution >= 0.6 is 0 Å². The number of aromatic amines is 1. The lowest BCUT2D eigenvalue weighted by Crippen LogP contribution is -2.21. The fourth-order valence-electron chi connectivity index (χ4n) is 3.36. The van der Waals surface area contributed by atoms with Gasteiger partial charge in [0.05, 0.1) is 29.7 Å². The number of benzene rings is 2. The van der Waals surface area contributed by atoms with Crippen LogP contribution in [0.1, 0.15) is 5.69 Å². The summed E-state index contributed by atoms with van der Waals surface area (Å²) in [7, 11) is 0. The van der Waals surface area contributed by atoms with E-state index in [1.807, 2.05) is 18.2 Å². The third-order valence-corrected chi connectivity index (χ3v) is 4.71. The highest BCUT2D eigenvalue weighted by molar-refractivity contribution is 6.07. The molecule has 2 N–H and O–H groups in total. The highest BCUT2D eigenvalue weighted by Crippen LogP contribution is 2.36. The number of aromatic nitrogens is 3. The van der Waals surface area contributed by atoms with Crippen LogP contribution in [0.2, 0.25) is 0 Å². The van der Waals surface area contributed by atoms with Gasteiger partial charge in [0.1, 0.15) is 5.82 Å². The molecule has 3 heterocycles. The Hall–Kier alpha value is -3.81. The Morgan fingerprint density at radius 3 is 2.82 bits per heavy atom. The van der Waals surface area contributed by atoms with Gasteiger partial charge in [-0.3, -0.25) is 14.7 Å². The Labute approximate surface area is 157 Å². The Bertz CT molecular complexity index is 1270. The summed E-state index contributed by atoms with van der Waals surface area (Å²) in [6.45, 7) is 0. The van der Waals surface area contributed by atoms with E-state index in [9.17, 15) is 18.7 Å². The molecule has 2 aromatic heterocycles. The second-order valence-corrected chi connectivity index (χ2v) is 6.46. The number of nitrogens with zero attached hydrogens (tertiary/aromatic N) is 3. The fraction of sp³-hybridized carbons (Fsp3) is 0.0500. The Balaban J connectivity index is 1.64. The molecule has 0 fully saturated rings. The van der Waals surface area contributed by atoms with E-state index in [4.69, 9.17) is 0 Å². The number of nitrogens with one attached hydrogen (secondary N) is 1. The lowest BCUT2D eigenvalue weighted by atomic mass is 10.1. The molecule has 1 aliphatic rings. The molecule has 28 heavy (non-hydrogen) atoms. The largest absolute Gasteiger partial charge is 0.505 e. The van der Waals surface area contributed by atoms with Crippen molar-refractivity contribution in [3.05, 3.63) is 66.1 Å². The molecule has 0 aliphatic carbocycles. The molecular weight excluding hydrogens is 366 g/mol. The smallest absolute Gasteiger partial charge is 0.238 e. The number of rotatable bonds is 2. The molecule has 0 bridgehead atoms. The van der Waals surface area contributed by atoms with Gasteiger partial charge in [0, 0.05) is 28.7 Å². The Kier molecular flexibility index (Phi) is 3.42. The standard InChI is InChI=1S/C20H12F2N4O2/c21-13-7-18(27)14(22)6-12(13)17-9-24-16-8-19(28)26(20(16)25-17)11-1-2-15-10(5-11)3-4-23-15/h1-7,9,23,27H,8H2. The lowest BCUT2D eigenvalue weighted by Gasteiger charge is -2.17. The average Bonchev–Trinajstić information content (AvgIpc) is 3.26. The highest BCUT2D eigenvalue weighted by Gasteiger charge is 2.32. The van der Waals surface area contributed by atoms with Crippen molar-refractivity contribution < 1.29 is 18.7 Å². The third-order valence-electron chi connectivity index (χ3n) is 4.71. The second kappa shape index (κ2) is 5.85. The minimum atomic E-state index is -0.968. The van der Waals surface area contributed by atoms with Crippen LogP contribution in [0, 0.1) is 11.6 Å². The summed E-state index contributed by atoms with van der Waals surface area (Å²) in [4.78, 5) is 25.7. The normalized spacial score (nSPS) is 13.4. The minimum absolute atomic E-state index is 0.0672. The van der Waals surface area contributed by atoms with Crippen molar-refractivity contribution in [1.82, 2.24) is 15.0 Å². The summed E-state index contributed by atoms with van der Waals surface area (Å²) in [6.07, 6.45) is 3.16. The molecule has 0 radical (unpaired) electrons. The molecular formula is C20H12F2N4O2. The quantitative estimate of drug-likeness (QED) is 0.555. The number of carbonyl (C=O) groups excluding carboxylic acids is 1. The molecule has 0 saturated carbocycles. The number of anilines is 2. The van der Waals surface area contributed by atoms with Crippen LogP contribution in [-0.2, 0) is 11.2 Å². The van der Waals surface area contributed by atoms with Gasteiger partial charge in [-0.1, -0.05) is 0 Å². The van der Waals surface area contributed by atoms with Crippen molar-refractivity contribution in [1.29, 1.82) is 0 Å². The fourth-order valence-corrected chi connectivity index (χ4v) is 3.36. The lowest BCUT2D eigenvalue weighted by molar-refractivity contribution is -0.116. The first-order chi connectivity index (χ1) is 13.5. The predicted octanol–water partition coefficient (Wildman–Crippen LogP) is 3.83. The number of amides is 1. The number of H-pyrrole nitrogens is 1. The molecule has 4 aromatic rings. The summed E-state index contributed by atoms with van der Waals surface area (Å²) in [6, 6.07) is 8.89. The van der Waals surface area contributed by atoms with Crippen LogP contribution in [-0.4, -0.2) is 26.0 Å². The highest BCUT2D eigenvalue weighted by atomic mass is 19.1. The first kappa shape index (κ1) is 16.4. The van der Waals surface area contributed by atoms with Crippen molar-refractivity contribution >= 4 is 28.3 Å². The number of hydrogen-bond donors (Lipinski definition) is 2. The molecule has 0 saturated heterocycles. The number of fused-ring (bicyclic) bond motifs is 2. The van der Waals surface area contributed by atoms with Crippen molar-refractivity contribution in [3.63, 3.8) is 0 Å². The topological polar surface area (TPSA) is 82.1 Å². The monoisotopic (exact) mass is 378 g/mol. The molecule has 1 aliphatic heterocycles. The van der Waals surface area contributed by atoms with E-state index in [1.165, 1.54) is 11.1 Å². The van der Waals surface area contributed by atoms with Gasteiger partial charge in [-0.25, -0.2) is 13.8 Å². The summed E-state index contributed by atoms with van der Waals surface area (Å²) in [5.74, 6) is -2.51. The molecule has 1 amide bonds. The summed E-state index contributed by atoms with van der Waals surface area (Å²) in [5, 5.41) is 10.2. The third kappa shape index (κ3) is 2.42. The zero-order valence-corrected chi connectivity index (χ0v) is 14.3. The zero-order chi connectivity index (χ0) is 19.4. The number of phenolic OH excluding ortho intramolecular Hbond substituents is 1. The van der Waals surface area contributed by atoms with Gasteiger partial charge in [-0.2, -0.15) is 0 Å². The predicted molar refractivity (Wildman–Crippen MR) is 98.2 cm³/mol. The number of hydrogen-bond acceptors (Lipinski definition) is 4. The first-order valence-corrected chi connectivity index (χ1v) is 8.45. The van der Waals surface area contributed by atoms with Crippen LogP contribution in [0.4, 0.5) is 20.3 Å². The van der Waals surface area contributed by atoms with E-state index in [0.29, 0.717) is 17.4 Å². The second-order valence-electron chi connectivity index (χ2n) is 6.46. The molecule has 138 valence electrons. The van der Waals surface area contributed by atoms with Gasteiger partial charge in [0.25, 0.3) is 0 Å². The maximum absolute atomic E-state index is 14.2. The molecule has 2 aromatic carbocycles.